The average Bonchev–Trinajstić information content (AvgIpc) is 2.49. The predicted octanol–water partition coefficient (Wildman–Crippen LogP) is 4.21. The molecule has 3 nitrogen and oxygen atoms in total. The number of halogens is 3. The van der Waals surface area contributed by atoms with E-state index in [0.29, 0.717) is 22.7 Å². The molecule has 0 aliphatic carbocycles. The van der Waals surface area contributed by atoms with E-state index in [9.17, 15) is 18.0 Å². The van der Waals surface area contributed by atoms with Crippen LogP contribution in [0, 0.1) is 24.4 Å². The highest BCUT2D eigenvalue weighted by Gasteiger charge is 2.15. The Kier molecular flexibility index (Phi) is 3.73. The Bertz CT molecular complexity index is 925. The van der Waals surface area contributed by atoms with Crippen molar-refractivity contribution in [3.05, 3.63) is 71.2 Å². The SMILES string of the molecule is Cc1cc(C(=O)Nc2ccc(F)cc2F)c2cc(F)ccc2n1. The van der Waals surface area contributed by atoms with Crippen molar-refractivity contribution in [1.82, 2.24) is 4.98 Å². The molecule has 0 saturated carbocycles. The van der Waals surface area contributed by atoms with E-state index in [1.165, 1.54) is 24.3 Å². The molecule has 3 rings (SSSR count). The third-order valence-electron chi connectivity index (χ3n) is 3.32. The zero-order valence-electron chi connectivity index (χ0n) is 12.0. The van der Waals surface area contributed by atoms with E-state index in [2.05, 4.69) is 10.3 Å². The summed E-state index contributed by atoms with van der Waals surface area (Å²) in [6.45, 7) is 1.69. The maximum atomic E-state index is 13.7. The fourth-order valence-corrected chi connectivity index (χ4v) is 2.30. The van der Waals surface area contributed by atoms with Crippen molar-refractivity contribution in [2.24, 2.45) is 0 Å². The van der Waals surface area contributed by atoms with Crippen LogP contribution in [-0.4, -0.2) is 10.9 Å². The van der Waals surface area contributed by atoms with Gasteiger partial charge in [0.2, 0.25) is 0 Å². The van der Waals surface area contributed by atoms with Crippen molar-refractivity contribution in [2.75, 3.05) is 5.32 Å². The second-order valence-corrected chi connectivity index (χ2v) is 5.05. The number of aromatic nitrogens is 1. The summed E-state index contributed by atoms with van der Waals surface area (Å²) in [4.78, 5) is 16.6. The lowest BCUT2D eigenvalue weighted by Gasteiger charge is -2.10. The third-order valence-corrected chi connectivity index (χ3v) is 3.32. The summed E-state index contributed by atoms with van der Waals surface area (Å²) >= 11 is 0. The van der Waals surface area contributed by atoms with Crippen molar-refractivity contribution in [1.29, 1.82) is 0 Å². The van der Waals surface area contributed by atoms with Gasteiger partial charge in [-0.2, -0.15) is 0 Å². The van der Waals surface area contributed by atoms with E-state index >= 15 is 0 Å². The highest BCUT2D eigenvalue weighted by molar-refractivity contribution is 6.12. The van der Waals surface area contributed by atoms with E-state index in [4.69, 9.17) is 0 Å². The second-order valence-electron chi connectivity index (χ2n) is 5.05. The molecule has 0 unspecified atom stereocenters. The van der Waals surface area contributed by atoms with Crippen LogP contribution in [0.15, 0.2) is 42.5 Å². The summed E-state index contributed by atoms with van der Waals surface area (Å²) in [5, 5.41) is 2.68. The van der Waals surface area contributed by atoms with Crippen LogP contribution >= 0.6 is 0 Å². The van der Waals surface area contributed by atoms with Crippen molar-refractivity contribution in [3.8, 4) is 0 Å². The molecular formula is C17H11F3N2O. The van der Waals surface area contributed by atoms with Gasteiger partial charge in [-0.1, -0.05) is 0 Å². The summed E-state index contributed by atoms with van der Waals surface area (Å²) in [5.74, 6) is -2.77. The van der Waals surface area contributed by atoms with Gasteiger partial charge in [-0.05, 0) is 43.3 Å². The molecule has 0 atom stereocenters. The first-order valence-corrected chi connectivity index (χ1v) is 6.77. The fourth-order valence-electron chi connectivity index (χ4n) is 2.30. The Morgan fingerprint density at radius 1 is 1.00 bits per heavy atom. The first-order valence-electron chi connectivity index (χ1n) is 6.77. The van der Waals surface area contributed by atoms with Crippen molar-refractivity contribution < 1.29 is 18.0 Å². The van der Waals surface area contributed by atoms with Crippen molar-refractivity contribution in [3.63, 3.8) is 0 Å². The minimum absolute atomic E-state index is 0.157. The second kappa shape index (κ2) is 5.72. The lowest BCUT2D eigenvalue weighted by Crippen LogP contribution is -2.14. The largest absolute Gasteiger partial charge is 0.319 e. The molecule has 0 radical (unpaired) electrons. The third kappa shape index (κ3) is 3.01. The molecule has 0 fully saturated rings. The molecule has 116 valence electrons. The number of hydrogen-bond acceptors (Lipinski definition) is 2. The number of rotatable bonds is 2. The Morgan fingerprint density at radius 2 is 1.70 bits per heavy atom. The molecule has 0 aliphatic rings. The minimum Gasteiger partial charge on any atom is -0.319 e. The molecular weight excluding hydrogens is 305 g/mol. The predicted molar refractivity (Wildman–Crippen MR) is 80.7 cm³/mol. The topological polar surface area (TPSA) is 42.0 Å². The summed E-state index contributed by atoms with van der Waals surface area (Å²) in [6, 6.07) is 8.22. The van der Waals surface area contributed by atoms with E-state index in [0.717, 1.165) is 12.1 Å². The van der Waals surface area contributed by atoms with Crippen LogP contribution in [0.2, 0.25) is 0 Å². The Hall–Kier alpha value is -2.89. The monoisotopic (exact) mass is 316 g/mol. The van der Waals surface area contributed by atoms with Crippen LogP contribution in [0.3, 0.4) is 0 Å². The summed E-state index contributed by atoms with van der Waals surface area (Å²) in [6.07, 6.45) is 0. The number of fused-ring (bicyclic) bond motifs is 1. The molecule has 0 spiro atoms. The molecule has 0 bridgehead atoms. The molecule has 0 saturated heterocycles. The minimum atomic E-state index is -0.889. The average molecular weight is 316 g/mol. The molecule has 1 N–H and O–H groups in total. The Balaban J connectivity index is 2.05. The van der Waals surface area contributed by atoms with E-state index in [1.807, 2.05) is 0 Å². The van der Waals surface area contributed by atoms with Gasteiger partial charge in [0, 0.05) is 17.1 Å². The molecule has 3 aromatic rings. The first-order chi connectivity index (χ1) is 10.9. The molecule has 2 aromatic carbocycles. The van der Waals surface area contributed by atoms with Gasteiger partial charge in [-0.15, -0.1) is 0 Å². The number of nitrogens with one attached hydrogen (secondary N) is 1. The van der Waals surface area contributed by atoms with Gasteiger partial charge in [-0.3, -0.25) is 9.78 Å². The van der Waals surface area contributed by atoms with Gasteiger partial charge >= 0.3 is 0 Å². The van der Waals surface area contributed by atoms with Crippen LogP contribution in [0.4, 0.5) is 18.9 Å². The van der Waals surface area contributed by atoms with Gasteiger partial charge in [0.05, 0.1) is 16.8 Å². The number of amides is 1. The molecule has 1 heterocycles. The zero-order chi connectivity index (χ0) is 16.6. The fraction of sp³-hybridized carbons (Fsp3) is 0.0588. The summed E-state index contributed by atoms with van der Waals surface area (Å²) < 4.78 is 40.0. The van der Waals surface area contributed by atoms with E-state index < -0.39 is 23.4 Å². The van der Waals surface area contributed by atoms with Crippen molar-refractivity contribution in [2.45, 2.75) is 6.92 Å². The number of carbonyl (C=O) groups excluding carboxylic acids is 1. The highest BCUT2D eigenvalue weighted by atomic mass is 19.1. The summed E-state index contributed by atoms with van der Waals surface area (Å²) in [5.41, 5.74) is 1.02. The molecule has 1 aromatic heterocycles. The lowest BCUT2D eigenvalue weighted by atomic mass is 10.1. The molecule has 6 heteroatoms. The number of benzene rings is 2. The van der Waals surface area contributed by atoms with Crippen LogP contribution < -0.4 is 5.32 Å². The zero-order valence-corrected chi connectivity index (χ0v) is 12.0. The van der Waals surface area contributed by atoms with Gasteiger partial charge in [0.1, 0.15) is 17.5 Å². The standard InChI is InChI=1S/C17H11F3N2O/c1-9-6-13(12-7-10(18)2-4-15(12)21-9)17(23)22-16-5-3-11(19)8-14(16)20/h2-8H,1H3,(H,22,23). The highest BCUT2D eigenvalue weighted by Crippen LogP contribution is 2.22. The van der Waals surface area contributed by atoms with E-state index in [-0.39, 0.29) is 11.3 Å². The lowest BCUT2D eigenvalue weighted by molar-refractivity contribution is 0.102. The Labute approximate surface area is 129 Å². The van der Waals surface area contributed by atoms with Crippen LogP contribution in [0.5, 0.6) is 0 Å². The van der Waals surface area contributed by atoms with Crippen LogP contribution in [-0.2, 0) is 0 Å². The number of nitrogens with zero attached hydrogens (tertiary/aromatic N) is 1. The quantitative estimate of drug-likeness (QED) is 0.769. The van der Waals surface area contributed by atoms with Gasteiger partial charge in [0.15, 0.2) is 0 Å². The first kappa shape index (κ1) is 15.0. The maximum Gasteiger partial charge on any atom is 0.256 e. The number of anilines is 1. The number of aryl methyl sites for hydroxylation is 1. The van der Waals surface area contributed by atoms with E-state index in [1.54, 1.807) is 6.92 Å². The number of carbonyl (C=O) groups is 1. The number of hydrogen-bond donors (Lipinski definition) is 1. The Morgan fingerprint density at radius 3 is 2.43 bits per heavy atom. The smallest absolute Gasteiger partial charge is 0.256 e. The van der Waals surface area contributed by atoms with Crippen LogP contribution in [0.1, 0.15) is 16.1 Å². The normalized spacial score (nSPS) is 10.8. The summed E-state index contributed by atoms with van der Waals surface area (Å²) in [7, 11) is 0. The maximum absolute atomic E-state index is 13.7. The van der Waals surface area contributed by atoms with Gasteiger partial charge < -0.3 is 5.32 Å². The molecule has 0 aliphatic heterocycles. The molecule has 1 amide bonds. The van der Waals surface area contributed by atoms with Crippen molar-refractivity contribution >= 4 is 22.5 Å². The molecule has 23 heavy (non-hydrogen) atoms. The number of pyridine rings is 1. The van der Waals surface area contributed by atoms with Crippen LogP contribution in [0.25, 0.3) is 10.9 Å². The van der Waals surface area contributed by atoms with Gasteiger partial charge in [0.25, 0.3) is 5.91 Å². The van der Waals surface area contributed by atoms with Gasteiger partial charge in [-0.25, -0.2) is 13.2 Å².